The van der Waals surface area contributed by atoms with Gasteiger partial charge in [-0.1, -0.05) is 64.4 Å². The summed E-state index contributed by atoms with van der Waals surface area (Å²) in [5.41, 5.74) is -0.809. The molecule has 0 rings (SSSR count). The zero-order valence-corrected chi connectivity index (χ0v) is 24.5. The number of ketones is 1. The summed E-state index contributed by atoms with van der Waals surface area (Å²) in [6.45, 7) is 6.70. The Hall–Kier alpha value is -1.77. The van der Waals surface area contributed by atoms with Crippen molar-refractivity contribution in [2.24, 2.45) is 5.41 Å². The Morgan fingerprint density at radius 2 is 1.49 bits per heavy atom. The Morgan fingerprint density at radius 1 is 0.946 bits per heavy atom. The van der Waals surface area contributed by atoms with Gasteiger partial charge in [-0.25, -0.2) is 0 Å². The average molecular weight is 528 g/mol. The summed E-state index contributed by atoms with van der Waals surface area (Å²) < 4.78 is 10.7. The van der Waals surface area contributed by atoms with E-state index in [4.69, 9.17) is 9.47 Å². The van der Waals surface area contributed by atoms with E-state index in [1.807, 2.05) is 6.08 Å². The molecule has 216 valence electrons. The van der Waals surface area contributed by atoms with Gasteiger partial charge in [0.05, 0.1) is 40.3 Å². The molecule has 2 atom stereocenters. The summed E-state index contributed by atoms with van der Waals surface area (Å²) in [6.07, 6.45) is 13.0. The van der Waals surface area contributed by atoms with Gasteiger partial charge in [-0.15, -0.1) is 0 Å². The molecule has 0 aliphatic rings. The van der Waals surface area contributed by atoms with Crippen molar-refractivity contribution in [1.29, 1.82) is 0 Å². The highest BCUT2D eigenvalue weighted by Crippen LogP contribution is 2.24. The highest BCUT2D eigenvalue weighted by molar-refractivity contribution is 6.11. The predicted molar refractivity (Wildman–Crippen MR) is 144 cm³/mol. The molecule has 0 aliphatic heterocycles. The molecule has 37 heavy (non-hydrogen) atoms. The highest BCUT2D eigenvalue weighted by atomic mass is 16.5. The van der Waals surface area contributed by atoms with Crippen molar-refractivity contribution in [1.82, 2.24) is 0 Å². The van der Waals surface area contributed by atoms with Gasteiger partial charge in [0, 0.05) is 6.42 Å². The lowest BCUT2D eigenvalue weighted by atomic mass is 9.84. The molecule has 0 fully saturated rings. The summed E-state index contributed by atoms with van der Waals surface area (Å²) in [5.74, 6) is -2.14. The normalized spacial score (nSPS) is 14.3. The number of esters is 1. The monoisotopic (exact) mass is 527 g/mol. The van der Waals surface area contributed by atoms with Gasteiger partial charge in [0.15, 0.2) is 5.78 Å². The van der Waals surface area contributed by atoms with E-state index in [9.17, 15) is 24.6 Å². The minimum atomic E-state index is -1.36. The number of aliphatic hydroxyl groups excluding tert-OH is 1. The fourth-order valence-electron chi connectivity index (χ4n) is 4.09. The van der Waals surface area contributed by atoms with Crippen LogP contribution >= 0.6 is 0 Å². The molecule has 0 heterocycles. The number of likely N-dealkylation sites (N-methyl/N-ethyl adjacent to an activating group) is 1. The number of aliphatic carboxylic acids is 1. The van der Waals surface area contributed by atoms with Crippen LogP contribution in [0.5, 0.6) is 0 Å². The van der Waals surface area contributed by atoms with Crippen molar-refractivity contribution < 1.29 is 38.6 Å². The van der Waals surface area contributed by atoms with E-state index >= 15 is 0 Å². The lowest BCUT2D eigenvalue weighted by Gasteiger charge is -2.34. The van der Waals surface area contributed by atoms with Crippen LogP contribution in [0.3, 0.4) is 0 Å². The summed E-state index contributed by atoms with van der Waals surface area (Å²) in [6, 6.07) is -0.738. The quantitative estimate of drug-likeness (QED) is 0.0753. The third-order valence-electron chi connectivity index (χ3n) is 6.65. The second-order valence-electron chi connectivity index (χ2n) is 11.5. The van der Waals surface area contributed by atoms with Gasteiger partial charge in [-0.05, 0) is 39.2 Å². The Kier molecular flexibility index (Phi) is 17.6. The number of quaternary nitrogens is 1. The Balaban J connectivity index is 4.32. The molecule has 0 spiro atoms. The van der Waals surface area contributed by atoms with Crippen LogP contribution in [-0.4, -0.2) is 80.4 Å². The molecule has 0 aliphatic carbocycles. The number of ether oxygens (including phenoxy) is 2. The molecule has 0 saturated heterocycles. The summed E-state index contributed by atoms with van der Waals surface area (Å²) in [7, 11) is 5.27. The van der Waals surface area contributed by atoms with Gasteiger partial charge in [0.2, 0.25) is 0 Å². The second-order valence-corrected chi connectivity index (χ2v) is 11.5. The largest absolute Gasteiger partial charge is 0.544 e. The molecule has 8 nitrogen and oxygen atoms in total. The van der Waals surface area contributed by atoms with E-state index in [1.54, 1.807) is 28.1 Å². The SMILES string of the molecule is CCCCCCCCCCC/C=C(\C)C(=O)C(C)(C)C(=O)OC[C@@H](O)COCC[C@@H](C(=O)[O-])[N+](C)(C)C. The molecule has 0 unspecified atom stereocenters. The van der Waals surface area contributed by atoms with Gasteiger partial charge in [-0.3, -0.25) is 9.59 Å². The first kappa shape index (κ1) is 35.2. The fourth-order valence-corrected chi connectivity index (χ4v) is 4.09. The van der Waals surface area contributed by atoms with Crippen molar-refractivity contribution in [2.45, 2.75) is 110 Å². The number of rotatable bonds is 22. The van der Waals surface area contributed by atoms with Crippen molar-refractivity contribution in [2.75, 3.05) is 41.0 Å². The Bertz CT molecular complexity index is 710. The summed E-state index contributed by atoms with van der Waals surface area (Å²) >= 11 is 0. The number of allylic oxidation sites excluding steroid dienone is 2. The molecular formula is C29H53NO7. The van der Waals surface area contributed by atoms with Crippen molar-refractivity contribution in [3.8, 4) is 0 Å². The molecule has 0 bridgehead atoms. The van der Waals surface area contributed by atoms with Crippen LogP contribution in [0, 0.1) is 5.41 Å². The van der Waals surface area contributed by atoms with E-state index in [2.05, 4.69) is 6.92 Å². The van der Waals surface area contributed by atoms with Gasteiger partial charge in [0.1, 0.15) is 24.2 Å². The van der Waals surface area contributed by atoms with Crippen LogP contribution in [-0.2, 0) is 23.9 Å². The molecule has 0 saturated carbocycles. The van der Waals surface area contributed by atoms with E-state index in [1.165, 1.54) is 58.8 Å². The van der Waals surface area contributed by atoms with Crippen molar-refractivity contribution >= 4 is 17.7 Å². The highest BCUT2D eigenvalue weighted by Gasteiger charge is 2.38. The number of carboxylic acids is 1. The van der Waals surface area contributed by atoms with Crippen molar-refractivity contribution in [3.63, 3.8) is 0 Å². The molecule has 0 aromatic rings. The molecule has 0 amide bonds. The number of nitrogens with zero attached hydrogens (tertiary/aromatic N) is 1. The molecule has 1 N–H and O–H groups in total. The maximum absolute atomic E-state index is 12.8. The van der Waals surface area contributed by atoms with Crippen LogP contribution in [0.2, 0.25) is 0 Å². The zero-order chi connectivity index (χ0) is 28.5. The molecule has 0 aromatic carbocycles. The number of carbonyl (C=O) groups excluding carboxylic acids is 3. The topological polar surface area (TPSA) is 113 Å². The Labute approximate surface area is 225 Å². The van der Waals surface area contributed by atoms with Gasteiger partial charge >= 0.3 is 5.97 Å². The van der Waals surface area contributed by atoms with Crippen LogP contribution in [0.1, 0.15) is 98.3 Å². The average Bonchev–Trinajstić information content (AvgIpc) is 2.81. The van der Waals surface area contributed by atoms with Crippen LogP contribution < -0.4 is 5.11 Å². The number of hydrogen-bond donors (Lipinski definition) is 1. The van der Waals surface area contributed by atoms with Gasteiger partial charge in [-0.2, -0.15) is 0 Å². The number of carbonyl (C=O) groups is 3. The number of carboxylic acid groups (broad SMARTS) is 1. The van der Waals surface area contributed by atoms with Gasteiger partial charge < -0.3 is 29.0 Å². The third-order valence-corrected chi connectivity index (χ3v) is 6.65. The summed E-state index contributed by atoms with van der Waals surface area (Å²) in [4.78, 5) is 36.7. The smallest absolute Gasteiger partial charge is 0.319 e. The molecule has 0 radical (unpaired) electrons. The maximum Gasteiger partial charge on any atom is 0.319 e. The zero-order valence-electron chi connectivity index (χ0n) is 24.5. The molecule has 0 aromatic heterocycles. The standard InChI is InChI=1S/C29H53NO7/c1-8-9-10-11-12-13-14-15-16-17-18-23(2)26(32)29(3,4)28(35)37-22-24(31)21-36-20-19-25(27(33)34)30(5,6)7/h18,24-25,31H,8-17,19-22H2,1-7H3/b23-18+/t24-,25-/m0/s1. The van der Waals surface area contributed by atoms with E-state index in [0.717, 1.165) is 19.3 Å². The maximum atomic E-state index is 12.8. The number of hydrogen-bond acceptors (Lipinski definition) is 7. The van der Waals surface area contributed by atoms with E-state index < -0.39 is 29.5 Å². The second kappa shape index (κ2) is 18.5. The lowest BCUT2D eigenvalue weighted by molar-refractivity contribution is -0.889. The van der Waals surface area contributed by atoms with Crippen LogP contribution in [0.4, 0.5) is 0 Å². The summed E-state index contributed by atoms with van der Waals surface area (Å²) in [5, 5.41) is 21.4. The number of Topliss-reactive ketones (excluding diaryl/α,β-unsaturated/α-hetero) is 1. The Morgan fingerprint density at radius 3 is 2.00 bits per heavy atom. The number of aliphatic hydroxyl groups is 1. The first-order valence-corrected chi connectivity index (χ1v) is 13.9. The number of unbranched alkanes of at least 4 members (excludes halogenated alkanes) is 9. The van der Waals surface area contributed by atoms with Crippen molar-refractivity contribution in [3.05, 3.63) is 11.6 Å². The molecule has 8 heteroatoms. The van der Waals surface area contributed by atoms with Gasteiger partial charge in [0.25, 0.3) is 0 Å². The molecular weight excluding hydrogens is 474 g/mol. The first-order chi connectivity index (χ1) is 17.2. The minimum Gasteiger partial charge on any atom is -0.544 e. The predicted octanol–water partition coefficient (Wildman–Crippen LogP) is 3.58. The van der Waals surface area contributed by atoms with Crippen LogP contribution in [0.25, 0.3) is 0 Å². The fraction of sp³-hybridized carbons (Fsp3) is 0.828. The lowest BCUT2D eigenvalue weighted by Crippen LogP contribution is -2.55. The van der Waals surface area contributed by atoms with Crippen LogP contribution in [0.15, 0.2) is 11.6 Å². The van der Waals surface area contributed by atoms with E-state index in [-0.39, 0.29) is 36.5 Å². The van der Waals surface area contributed by atoms with E-state index in [0.29, 0.717) is 5.57 Å². The third kappa shape index (κ3) is 15.3. The minimum absolute atomic E-state index is 0.115. The first-order valence-electron chi connectivity index (χ1n) is 13.9.